The smallest absolute Gasteiger partial charge is 0.291 e. The number of hydrogen-bond acceptors (Lipinski definition) is 5. The zero-order valence-corrected chi connectivity index (χ0v) is 14.7. The predicted molar refractivity (Wildman–Crippen MR) is 99.7 cm³/mol. The first-order valence-electron chi connectivity index (χ1n) is 8.05. The van der Waals surface area contributed by atoms with Gasteiger partial charge in [0.2, 0.25) is 0 Å². The molecule has 0 N–H and O–H groups in total. The number of aromatic nitrogens is 4. The van der Waals surface area contributed by atoms with Crippen LogP contribution in [0.5, 0.6) is 0 Å². The molecule has 0 bridgehead atoms. The molecule has 4 aromatic rings. The molecule has 0 amide bonds. The Morgan fingerprint density at radius 2 is 2.20 bits per heavy atom. The van der Waals surface area contributed by atoms with Gasteiger partial charge in [-0.15, -0.1) is 11.3 Å². The van der Waals surface area contributed by atoms with Gasteiger partial charge in [0.15, 0.2) is 5.65 Å². The van der Waals surface area contributed by atoms with E-state index in [-0.39, 0.29) is 5.56 Å². The van der Waals surface area contributed by atoms with Crippen LogP contribution in [0, 0.1) is 6.92 Å². The summed E-state index contributed by atoms with van der Waals surface area (Å²) in [4.78, 5) is 21.8. The average Bonchev–Trinajstić information content (AvgIpc) is 3.26. The second-order valence-corrected chi connectivity index (χ2v) is 7.52. The molecule has 7 heteroatoms. The fraction of sp³-hybridized carbons (Fsp3) is 0.222. The van der Waals surface area contributed by atoms with Crippen LogP contribution in [0.25, 0.3) is 21.3 Å². The Kier molecular flexibility index (Phi) is 2.96. The van der Waals surface area contributed by atoms with Crippen LogP contribution in [0.1, 0.15) is 21.7 Å². The summed E-state index contributed by atoms with van der Waals surface area (Å²) in [6, 6.07) is 6.19. The van der Waals surface area contributed by atoms with Crippen LogP contribution in [0.4, 0.5) is 0 Å². The highest BCUT2D eigenvalue weighted by atomic mass is 32.1. The SMILES string of the molecule is Cc1nc2c(s1)c1cnn(Cc3ccc4c(c3)CN=C4)c(=O)c1n2C. The molecule has 0 atom stereocenters. The van der Waals surface area contributed by atoms with Crippen molar-refractivity contribution in [1.29, 1.82) is 0 Å². The predicted octanol–water partition coefficient (Wildman–Crippen LogP) is 2.63. The van der Waals surface area contributed by atoms with Crippen molar-refractivity contribution in [2.45, 2.75) is 20.0 Å². The molecule has 1 aliphatic rings. The third kappa shape index (κ3) is 2.09. The summed E-state index contributed by atoms with van der Waals surface area (Å²) in [7, 11) is 1.89. The van der Waals surface area contributed by atoms with Gasteiger partial charge in [0, 0.05) is 18.6 Å². The monoisotopic (exact) mass is 349 g/mol. The van der Waals surface area contributed by atoms with Crippen molar-refractivity contribution in [2.24, 2.45) is 12.0 Å². The normalized spacial score (nSPS) is 13.2. The number of rotatable bonds is 2. The fourth-order valence-electron chi connectivity index (χ4n) is 3.44. The molecule has 0 radical (unpaired) electrons. The molecule has 25 heavy (non-hydrogen) atoms. The molecule has 1 aliphatic heterocycles. The maximum atomic E-state index is 13.0. The van der Waals surface area contributed by atoms with Gasteiger partial charge in [0.1, 0.15) is 5.52 Å². The average molecular weight is 349 g/mol. The summed E-state index contributed by atoms with van der Waals surface area (Å²) in [5.74, 6) is 0. The highest BCUT2D eigenvalue weighted by Gasteiger charge is 2.17. The number of aliphatic imine (C=N–C) groups is 1. The van der Waals surface area contributed by atoms with E-state index in [1.54, 1.807) is 17.5 Å². The Morgan fingerprint density at radius 3 is 3.08 bits per heavy atom. The van der Waals surface area contributed by atoms with E-state index in [4.69, 9.17) is 0 Å². The number of hydrogen-bond donors (Lipinski definition) is 0. The van der Waals surface area contributed by atoms with Gasteiger partial charge in [-0.05, 0) is 23.6 Å². The second-order valence-electron chi connectivity index (χ2n) is 6.32. The standard InChI is InChI=1S/C18H15N5OS/c1-10-21-17-16(25-10)14-8-20-23(18(24)15(14)22(17)2)9-11-3-4-12-6-19-7-13(12)5-11/h3-6,8H,7,9H2,1-2H3. The molecule has 0 spiro atoms. The van der Waals surface area contributed by atoms with Crippen LogP contribution >= 0.6 is 11.3 Å². The van der Waals surface area contributed by atoms with Gasteiger partial charge in [-0.3, -0.25) is 9.79 Å². The van der Waals surface area contributed by atoms with Crippen molar-refractivity contribution in [2.75, 3.05) is 0 Å². The Labute approximate surface area is 147 Å². The van der Waals surface area contributed by atoms with Gasteiger partial charge in [0.05, 0.1) is 29.0 Å². The van der Waals surface area contributed by atoms with Crippen LogP contribution in [0.3, 0.4) is 0 Å². The first-order valence-corrected chi connectivity index (χ1v) is 8.87. The summed E-state index contributed by atoms with van der Waals surface area (Å²) in [6.45, 7) is 3.14. The summed E-state index contributed by atoms with van der Waals surface area (Å²) in [6.07, 6.45) is 3.68. The molecule has 0 fully saturated rings. The zero-order valence-electron chi connectivity index (χ0n) is 13.9. The van der Waals surface area contributed by atoms with E-state index >= 15 is 0 Å². The lowest BCUT2D eigenvalue weighted by atomic mass is 10.1. The number of thiazole rings is 1. The van der Waals surface area contributed by atoms with E-state index < -0.39 is 0 Å². The Hall–Kier alpha value is -2.80. The van der Waals surface area contributed by atoms with E-state index in [0.29, 0.717) is 18.6 Å². The summed E-state index contributed by atoms with van der Waals surface area (Å²) in [5, 5.41) is 6.28. The Bertz CT molecular complexity index is 1240. The van der Waals surface area contributed by atoms with Gasteiger partial charge in [-0.25, -0.2) is 9.67 Å². The quantitative estimate of drug-likeness (QED) is 0.559. The summed E-state index contributed by atoms with van der Waals surface area (Å²) < 4.78 is 4.43. The van der Waals surface area contributed by atoms with Crippen molar-refractivity contribution in [3.05, 3.63) is 56.4 Å². The number of benzene rings is 1. The maximum Gasteiger partial charge on any atom is 0.291 e. The third-order valence-corrected chi connectivity index (χ3v) is 5.66. The minimum atomic E-state index is -0.0837. The van der Waals surface area contributed by atoms with Crippen molar-refractivity contribution in [3.63, 3.8) is 0 Å². The van der Waals surface area contributed by atoms with Crippen LogP contribution in [-0.2, 0) is 20.1 Å². The lowest BCUT2D eigenvalue weighted by Gasteiger charge is -2.07. The maximum absolute atomic E-state index is 13.0. The zero-order chi connectivity index (χ0) is 17.1. The lowest BCUT2D eigenvalue weighted by Crippen LogP contribution is -2.24. The van der Waals surface area contributed by atoms with Gasteiger partial charge in [0.25, 0.3) is 5.56 Å². The summed E-state index contributed by atoms with van der Waals surface area (Å²) in [5.41, 5.74) is 4.84. The Balaban J connectivity index is 1.64. The number of nitrogens with zero attached hydrogens (tertiary/aromatic N) is 5. The third-order valence-electron chi connectivity index (χ3n) is 4.66. The van der Waals surface area contributed by atoms with Gasteiger partial charge < -0.3 is 4.57 Å². The molecule has 5 rings (SSSR count). The van der Waals surface area contributed by atoms with Crippen LogP contribution in [0.2, 0.25) is 0 Å². The molecular weight excluding hydrogens is 334 g/mol. The van der Waals surface area contributed by atoms with Crippen molar-refractivity contribution in [3.8, 4) is 0 Å². The molecule has 0 saturated heterocycles. The van der Waals surface area contributed by atoms with E-state index in [1.807, 2.05) is 30.8 Å². The lowest BCUT2D eigenvalue weighted by molar-refractivity contribution is 0.643. The van der Waals surface area contributed by atoms with Gasteiger partial charge >= 0.3 is 0 Å². The number of aryl methyl sites for hydroxylation is 2. The molecule has 4 heterocycles. The molecule has 6 nitrogen and oxygen atoms in total. The van der Waals surface area contributed by atoms with Crippen LogP contribution in [-0.4, -0.2) is 25.5 Å². The van der Waals surface area contributed by atoms with Crippen molar-refractivity contribution >= 4 is 38.8 Å². The van der Waals surface area contributed by atoms with E-state index in [2.05, 4.69) is 27.2 Å². The Morgan fingerprint density at radius 1 is 1.32 bits per heavy atom. The van der Waals surface area contributed by atoms with E-state index in [0.717, 1.165) is 31.9 Å². The van der Waals surface area contributed by atoms with Gasteiger partial charge in [-0.1, -0.05) is 18.2 Å². The topological polar surface area (TPSA) is 65.1 Å². The van der Waals surface area contributed by atoms with Gasteiger partial charge in [-0.2, -0.15) is 5.10 Å². The minimum absolute atomic E-state index is 0.0837. The van der Waals surface area contributed by atoms with Crippen LogP contribution < -0.4 is 5.56 Å². The summed E-state index contributed by atoms with van der Waals surface area (Å²) >= 11 is 1.60. The molecule has 0 unspecified atom stereocenters. The van der Waals surface area contributed by atoms with Crippen molar-refractivity contribution < 1.29 is 0 Å². The van der Waals surface area contributed by atoms with Crippen LogP contribution in [0.15, 0.2) is 34.2 Å². The highest BCUT2D eigenvalue weighted by molar-refractivity contribution is 7.19. The molecule has 0 aliphatic carbocycles. The first kappa shape index (κ1) is 14.5. The van der Waals surface area contributed by atoms with Crippen molar-refractivity contribution in [1.82, 2.24) is 19.3 Å². The minimum Gasteiger partial charge on any atom is -0.323 e. The first-order chi connectivity index (χ1) is 12.1. The molecule has 1 aromatic carbocycles. The highest BCUT2D eigenvalue weighted by Crippen LogP contribution is 2.30. The molecule has 3 aromatic heterocycles. The van der Waals surface area contributed by atoms with E-state index in [9.17, 15) is 4.79 Å². The van der Waals surface area contributed by atoms with E-state index in [1.165, 1.54) is 10.2 Å². The molecular formula is C18H15N5OS. The molecule has 124 valence electrons. The number of fused-ring (bicyclic) bond motifs is 4. The fourth-order valence-corrected chi connectivity index (χ4v) is 4.40. The second kappa shape index (κ2) is 5.10. The largest absolute Gasteiger partial charge is 0.323 e. The molecule has 0 saturated carbocycles.